The lowest BCUT2D eigenvalue weighted by Gasteiger charge is -2.18. The molecule has 1 amide bonds. The van der Waals surface area contributed by atoms with Crippen molar-refractivity contribution in [1.82, 2.24) is 29.2 Å². The smallest absolute Gasteiger partial charge is 0.280 e. The number of H-pyrrole nitrogens is 1. The van der Waals surface area contributed by atoms with Crippen LogP contribution in [0.4, 0.5) is 5.69 Å². The van der Waals surface area contributed by atoms with Gasteiger partial charge in [-0.2, -0.15) is 10.1 Å². The van der Waals surface area contributed by atoms with Crippen LogP contribution in [0, 0.1) is 0 Å². The minimum Gasteiger partial charge on any atom is -0.389 e. The molecule has 4 heterocycles. The Morgan fingerprint density at radius 3 is 2.76 bits per heavy atom. The molecule has 3 aromatic heterocycles. The molecular formula is C27H34N8O2. The van der Waals surface area contributed by atoms with Gasteiger partial charge in [0.1, 0.15) is 0 Å². The molecule has 0 spiro atoms. The number of hydrogen-bond donors (Lipinski definition) is 3. The van der Waals surface area contributed by atoms with E-state index in [4.69, 9.17) is 0 Å². The third-order valence-corrected chi connectivity index (χ3v) is 6.51. The van der Waals surface area contributed by atoms with Gasteiger partial charge in [0.25, 0.3) is 5.91 Å². The highest BCUT2D eigenvalue weighted by Gasteiger charge is 2.18. The lowest BCUT2D eigenvalue weighted by Crippen LogP contribution is -2.32. The monoisotopic (exact) mass is 502 g/mol. The van der Waals surface area contributed by atoms with E-state index in [1.807, 2.05) is 36.0 Å². The first-order valence-electron chi connectivity index (χ1n) is 12.7. The summed E-state index contributed by atoms with van der Waals surface area (Å²) >= 11 is 0. The van der Waals surface area contributed by atoms with Crippen molar-refractivity contribution < 1.29 is 9.90 Å². The number of aromatic amines is 1. The van der Waals surface area contributed by atoms with Crippen molar-refractivity contribution in [2.24, 2.45) is 12.0 Å². The molecule has 0 atom stereocenters. The summed E-state index contributed by atoms with van der Waals surface area (Å²) in [6.07, 6.45) is 7.72. The molecule has 37 heavy (non-hydrogen) atoms. The van der Waals surface area contributed by atoms with E-state index in [1.54, 1.807) is 43.1 Å². The van der Waals surface area contributed by atoms with Crippen LogP contribution in [0.15, 0.2) is 53.9 Å². The fourth-order valence-electron chi connectivity index (χ4n) is 4.72. The Bertz CT molecular complexity index is 1470. The second-order valence-corrected chi connectivity index (χ2v) is 10.3. The van der Waals surface area contributed by atoms with E-state index in [2.05, 4.69) is 30.3 Å². The predicted octanol–water partition coefficient (Wildman–Crippen LogP) is 2.78. The van der Waals surface area contributed by atoms with Gasteiger partial charge in [-0.25, -0.2) is 0 Å². The molecule has 3 N–H and O–H groups in total. The number of aliphatic hydroxyl groups is 1. The zero-order chi connectivity index (χ0) is 26.0. The number of amides is 1. The molecule has 1 fully saturated rings. The maximum absolute atomic E-state index is 13.2. The van der Waals surface area contributed by atoms with E-state index in [0.29, 0.717) is 16.9 Å². The zero-order valence-corrected chi connectivity index (χ0v) is 21.6. The lowest BCUT2D eigenvalue weighted by molar-refractivity contribution is 0.0612. The van der Waals surface area contributed by atoms with Crippen molar-refractivity contribution in [3.63, 3.8) is 0 Å². The van der Waals surface area contributed by atoms with Crippen LogP contribution in [0.1, 0.15) is 37.0 Å². The number of benzene rings is 1. The molecule has 1 saturated heterocycles. The van der Waals surface area contributed by atoms with Gasteiger partial charge in [-0.15, -0.1) is 0 Å². The van der Waals surface area contributed by atoms with Gasteiger partial charge in [-0.3, -0.25) is 14.5 Å². The number of nitrogens with one attached hydrogen (secondary N) is 2. The largest absolute Gasteiger partial charge is 0.389 e. The third kappa shape index (κ3) is 5.98. The number of anilines is 1. The van der Waals surface area contributed by atoms with Crippen molar-refractivity contribution in [3.05, 3.63) is 60.1 Å². The van der Waals surface area contributed by atoms with Gasteiger partial charge < -0.3 is 24.9 Å². The van der Waals surface area contributed by atoms with Crippen LogP contribution in [-0.2, 0) is 13.6 Å². The first kappa shape index (κ1) is 24.9. The standard InChI is InChI=1S/C27H34N8O2/c1-27(2,37)18-35-24-7-6-21(28-10-13-34-11-4-5-12-34)15-23(24)31-26(35)32-25(36)19-8-9-29-22(14-19)20-16-30-33(3)17-20/h6-9,14-17,28,37H,4-5,10-13,18H2,1-3H3,(H,31,32,36). The van der Waals surface area contributed by atoms with Crippen LogP contribution >= 0.6 is 0 Å². The summed E-state index contributed by atoms with van der Waals surface area (Å²) in [4.78, 5) is 27.8. The molecule has 1 aromatic carbocycles. The average Bonchev–Trinajstić information content (AvgIpc) is 3.60. The summed E-state index contributed by atoms with van der Waals surface area (Å²) in [6, 6.07) is 9.41. The minimum absolute atomic E-state index is 0.276. The molecule has 0 saturated carbocycles. The number of carbonyl (C=O) groups is 1. The van der Waals surface area contributed by atoms with Crippen LogP contribution in [0.25, 0.3) is 22.3 Å². The van der Waals surface area contributed by atoms with Crippen molar-refractivity contribution >= 4 is 22.6 Å². The molecule has 1 aliphatic rings. The summed E-state index contributed by atoms with van der Waals surface area (Å²) in [7, 11) is 1.83. The maximum atomic E-state index is 13.2. The van der Waals surface area contributed by atoms with Crippen LogP contribution < -0.4 is 10.9 Å². The fraction of sp³-hybridized carbons (Fsp3) is 0.407. The number of rotatable bonds is 8. The molecule has 10 nitrogen and oxygen atoms in total. The molecule has 5 rings (SSSR count). The van der Waals surface area contributed by atoms with E-state index in [0.717, 1.165) is 35.4 Å². The summed E-state index contributed by atoms with van der Waals surface area (Å²) in [5, 5.41) is 18.2. The Balaban J connectivity index is 1.44. The summed E-state index contributed by atoms with van der Waals surface area (Å²) in [5.74, 6) is -0.396. The Kier molecular flexibility index (Phi) is 6.94. The SMILES string of the molecule is Cn1cc(-c2cc(C(=O)/N=c3\[nH]c4cc(NCCN5CCCC5)ccc4n3CC(C)(C)O)ccn2)cn1. The molecule has 10 heteroatoms. The maximum Gasteiger partial charge on any atom is 0.280 e. The first-order valence-corrected chi connectivity index (χ1v) is 12.7. The van der Waals surface area contributed by atoms with Gasteiger partial charge in [0.2, 0.25) is 5.62 Å². The summed E-state index contributed by atoms with van der Waals surface area (Å²) in [6.45, 7) is 7.99. The number of fused-ring (bicyclic) bond motifs is 1. The van der Waals surface area contributed by atoms with Crippen molar-refractivity contribution in [2.75, 3.05) is 31.5 Å². The molecule has 194 valence electrons. The van der Waals surface area contributed by atoms with Gasteiger partial charge in [0.05, 0.1) is 35.1 Å². The number of aromatic nitrogens is 5. The molecule has 0 aliphatic carbocycles. The predicted molar refractivity (Wildman–Crippen MR) is 143 cm³/mol. The normalized spacial score (nSPS) is 15.1. The van der Waals surface area contributed by atoms with E-state index in [9.17, 15) is 9.90 Å². The quantitative estimate of drug-likeness (QED) is 0.341. The Hall–Kier alpha value is -3.76. The number of imidazole rings is 1. The van der Waals surface area contributed by atoms with Gasteiger partial charge in [0, 0.05) is 49.3 Å². The highest BCUT2D eigenvalue weighted by Crippen LogP contribution is 2.20. The van der Waals surface area contributed by atoms with Gasteiger partial charge in [-0.1, -0.05) is 0 Å². The minimum atomic E-state index is -0.996. The molecular weight excluding hydrogens is 468 g/mol. The van der Waals surface area contributed by atoms with Crippen LogP contribution in [-0.4, -0.2) is 72.0 Å². The zero-order valence-electron chi connectivity index (χ0n) is 21.6. The van der Waals surface area contributed by atoms with Crippen molar-refractivity contribution in [1.29, 1.82) is 0 Å². The van der Waals surface area contributed by atoms with Crippen LogP contribution in [0.3, 0.4) is 0 Å². The average molecular weight is 503 g/mol. The summed E-state index contributed by atoms with van der Waals surface area (Å²) in [5.41, 5.74) is 3.99. The van der Waals surface area contributed by atoms with E-state index in [-0.39, 0.29) is 6.54 Å². The Labute approximate surface area is 215 Å². The fourth-order valence-corrected chi connectivity index (χ4v) is 4.72. The van der Waals surface area contributed by atoms with Crippen LogP contribution in [0.5, 0.6) is 0 Å². The topological polar surface area (TPSA) is 116 Å². The van der Waals surface area contributed by atoms with E-state index >= 15 is 0 Å². The van der Waals surface area contributed by atoms with Crippen molar-refractivity contribution in [3.8, 4) is 11.3 Å². The van der Waals surface area contributed by atoms with Crippen LogP contribution in [0.2, 0.25) is 0 Å². The highest BCUT2D eigenvalue weighted by atomic mass is 16.3. The van der Waals surface area contributed by atoms with E-state index in [1.165, 1.54) is 25.9 Å². The summed E-state index contributed by atoms with van der Waals surface area (Å²) < 4.78 is 3.54. The second kappa shape index (κ2) is 10.3. The number of likely N-dealkylation sites (tertiary alicyclic amines) is 1. The van der Waals surface area contributed by atoms with Gasteiger partial charge >= 0.3 is 0 Å². The molecule has 0 radical (unpaired) electrons. The molecule has 0 unspecified atom stereocenters. The highest BCUT2D eigenvalue weighted by molar-refractivity contribution is 5.95. The van der Waals surface area contributed by atoms with E-state index < -0.39 is 11.5 Å². The van der Waals surface area contributed by atoms with Gasteiger partial charge in [-0.05, 0) is 70.1 Å². The molecule has 1 aliphatic heterocycles. The number of carbonyl (C=O) groups excluding carboxylic acids is 1. The first-order chi connectivity index (χ1) is 17.7. The number of aryl methyl sites for hydroxylation is 1. The second-order valence-electron chi connectivity index (χ2n) is 10.3. The Morgan fingerprint density at radius 1 is 1.22 bits per heavy atom. The molecule has 0 bridgehead atoms. The third-order valence-electron chi connectivity index (χ3n) is 6.51. The van der Waals surface area contributed by atoms with Crippen molar-refractivity contribution in [2.45, 2.75) is 38.8 Å². The lowest BCUT2D eigenvalue weighted by atomic mass is 10.1. The number of nitrogens with zero attached hydrogens (tertiary/aromatic N) is 6. The van der Waals surface area contributed by atoms with Gasteiger partial charge in [0.15, 0.2) is 0 Å². The number of hydrogen-bond acceptors (Lipinski definition) is 6. The Morgan fingerprint density at radius 2 is 2.03 bits per heavy atom. The number of pyridine rings is 1. The molecule has 4 aromatic rings.